The fourth-order valence-corrected chi connectivity index (χ4v) is 1.82. The number of nitrogens with zero attached hydrogens (tertiary/aromatic N) is 2. The summed E-state index contributed by atoms with van der Waals surface area (Å²) in [6, 6.07) is 5.66. The quantitative estimate of drug-likeness (QED) is 0.923. The molecule has 1 heterocycles. The minimum Gasteiger partial charge on any atom is -0.334 e. The summed E-state index contributed by atoms with van der Waals surface area (Å²) in [6.45, 7) is 4.01. The van der Waals surface area contributed by atoms with Crippen molar-refractivity contribution >= 4 is 11.6 Å². The van der Waals surface area contributed by atoms with Gasteiger partial charge in [-0.05, 0) is 31.0 Å². The largest absolute Gasteiger partial charge is 0.334 e. The van der Waals surface area contributed by atoms with Gasteiger partial charge in [0.2, 0.25) is 0 Å². The molecule has 18 heavy (non-hydrogen) atoms. The Balaban J connectivity index is 2.26. The summed E-state index contributed by atoms with van der Waals surface area (Å²) >= 11 is 5.97. The van der Waals surface area contributed by atoms with Gasteiger partial charge in [-0.15, -0.1) is 0 Å². The normalized spacial score (nSPS) is 12.7. The maximum Gasteiger partial charge on any atom is 0.258 e. The van der Waals surface area contributed by atoms with Crippen molar-refractivity contribution < 1.29 is 4.52 Å². The number of aromatic nitrogens is 2. The highest BCUT2D eigenvalue weighted by molar-refractivity contribution is 6.30. The molecule has 0 aliphatic carbocycles. The molecule has 5 heteroatoms. The molecule has 4 nitrogen and oxygen atoms in total. The minimum absolute atomic E-state index is 0.0657. The van der Waals surface area contributed by atoms with Crippen LogP contribution >= 0.6 is 11.6 Å². The van der Waals surface area contributed by atoms with Crippen molar-refractivity contribution in [3.05, 3.63) is 34.6 Å². The molecule has 1 atom stereocenters. The van der Waals surface area contributed by atoms with Crippen molar-refractivity contribution in [1.82, 2.24) is 10.1 Å². The zero-order valence-corrected chi connectivity index (χ0v) is 11.2. The Bertz CT molecular complexity index is 539. The summed E-state index contributed by atoms with van der Waals surface area (Å²) in [4.78, 5) is 4.35. The van der Waals surface area contributed by atoms with Crippen LogP contribution in [-0.2, 0) is 6.42 Å². The Hall–Kier alpha value is -1.39. The van der Waals surface area contributed by atoms with Crippen molar-refractivity contribution in [2.75, 3.05) is 0 Å². The van der Waals surface area contributed by atoms with E-state index in [-0.39, 0.29) is 6.04 Å². The van der Waals surface area contributed by atoms with Crippen LogP contribution in [0.25, 0.3) is 11.5 Å². The van der Waals surface area contributed by atoms with Crippen LogP contribution in [-0.4, -0.2) is 16.2 Å². The number of benzene rings is 1. The van der Waals surface area contributed by atoms with Crippen molar-refractivity contribution in [2.24, 2.45) is 5.73 Å². The third-order valence-corrected chi connectivity index (χ3v) is 3.10. The van der Waals surface area contributed by atoms with E-state index in [4.69, 9.17) is 21.9 Å². The lowest BCUT2D eigenvalue weighted by atomic mass is 10.1. The summed E-state index contributed by atoms with van der Waals surface area (Å²) < 4.78 is 5.26. The van der Waals surface area contributed by atoms with E-state index in [0.717, 1.165) is 17.5 Å². The molecular weight excluding hydrogens is 250 g/mol. The van der Waals surface area contributed by atoms with E-state index in [2.05, 4.69) is 10.1 Å². The van der Waals surface area contributed by atoms with Gasteiger partial charge < -0.3 is 10.3 Å². The standard InChI is InChI=1S/C13H16ClN3O/c1-3-10(15)7-12-16-13(18-17-12)11-6-9(14)5-4-8(11)2/h4-6,10H,3,7,15H2,1-2H3. The van der Waals surface area contributed by atoms with Gasteiger partial charge in [-0.1, -0.05) is 29.7 Å². The summed E-state index contributed by atoms with van der Waals surface area (Å²) in [7, 11) is 0. The van der Waals surface area contributed by atoms with E-state index in [1.54, 1.807) is 0 Å². The van der Waals surface area contributed by atoms with Gasteiger partial charge in [-0.3, -0.25) is 0 Å². The van der Waals surface area contributed by atoms with Crippen LogP contribution in [0.15, 0.2) is 22.7 Å². The number of nitrogens with two attached hydrogens (primary N) is 1. The van der Waals surface area contributed by atoms with Gasteiger partial charge in [0.15, 0.2) is 5.82 Å². The maximum absolute atomic E-state index is 5.97. The second-order valence-electron chi connectivity index (χ2n) is 4.35. The molecule has 0 spiro atoms. The first-order chi connectivity index (χ1) is 8.60. The van der Waals surface area contributed by atoms with Gasteiger partial charge in [0.25, 0.3) is 5.89 Å². The molecule has 0 bridgehead atoms. The summed E-state index contributed by atoms with van der Waals surface area (Å²) in [5, 5.41) is 4.60. The maximum atomic E-state index is 5.97. The lowest BCUT2D eigenvalue weighted by Crippen LogP contribution is -2.21. The molecule has 0 amide bonds. The van der Waals surface area contributed by atoms with Gasteiger partial charge in [-0.2, -0.15) is 4.98 Å². The third kappa shape index (κ3) is 2.89. The number of rotatable bonds is 4. The van der Waals surface area contributed by atoms with Crippen molar-refractivity contribution in [1.29, 1.82) is 0 Å². The second-order valence-corrected chi connectivity index (χ2v) is 4.78. The Kier molecular flexibility index (Phi) is 3.99. The molecule has 1 aromatic carbocycles. The minimum atomic E-state index is 0.0657. The van der Waals surface area contributed by atoms with Crippen molar-refractivity contribution in [3.63, 3.8) is 0 Å². The molecule has 0 aliphatic heterocycles. The van der Waals surface area contributed by atoms with E-state index in [1.807, 2.05) is 32.0 Å². The van der Waals surface area contributed by atoms with E-state index >= 15 is 0 Å². The number of aryl methyl sites for hydroxylation is 1. The van der Waals surface area contributed by atoms with Crippen LogP contribution in [0.1, 0.15) is 24.7 Å². The highest BCUT2D eigenvalue weighted by Gasteiger charge is 2.13. The smallest absolute Gasteiger partial charge is 0.258 e. The summed E-state index contributed by atoms with van der Waals surface area (Å²) in [6.07, 6.45) is 1.51. The molecule has 2 rings (SSSR count). The lowest BCUT2D eigenvalue weighted by molar-refractivity contribution is 0.419. The molecule has 0 aliphatic rings. The first-order valence-corrected chi connectivity index (χ1v) is 6.32. The highest BCUT2D eigenvalue weighted by atomic mass is 35.5. The average molecular weight is 266 g/mol. The molecular formula is C13H16ClN3O. The highest BCUT2D eigenvalue weighted by Crippen LogP contribution is 2.25. The molecule has 0 radical (unpaired) electrons. The predicted molar refractivity (Wildman–Crippen MR) is 71.5 cm³/mol. The van der Waals surface area contributed by atoms with Crippen LogP contribution in [0.5, 0.6) is 0 Å². The van der Waals surface area contributed by atoms with Gasteiger partial charge in [-0.25, -0.2) is 0 Å². The van der Waals surface area contributed by atoms with E-state index in [1.165, 1.54) is 0 Å². The third-order valence-electron chi connectivity index (χ3n) is 2.87. The first-order valence-electron chi connectivity index (χ1n) is 5.95. The monoisotopic (exact) mass is 265 g/mol. The van der Waals surface area contributed by atoms with Crippen LogP contribution in [0, 0.1) is 6.92 Å². The fraction of sp³-hybridized carbons (Fsp3) is 0.385. The molecule has 1 aromatic heterocycles. The number of hydrogen-bond acceptors (Lipinski definition) is 4. The Labute approximate surface area is 111 Å². The van der Waals surface area contributed by atoms with Gasteiger partial charge >= 0.3 is 0 Å². The SMILES string of the molecule is CCC(N)Cc1noc(-c2cc(Cl)ccc2C)n1. The molecule has 2 aromatic rings. The molecule has 96 valence electrons. The number of hydrogen-bond donors (Lipinski definition) is 1. The zero-order valence-electron chi connectivity index (χ0n) is 10.5. The van der Waals surface area contributed by atoms with E-state index in [0.29, 0.717) is 23.2 Å². The van der Waals surface area contributed by atoms with Gasteiger partial charge in [0, 0.05) is 23.0 Å². The average Bonchev–Trinajstić information content (AvgIpc) is 2.80. The Morgan fingerprint density at radius 1 is 1.44 bits per heavy atom. The molecule has 0 fully saturated rings. The van der Waals surface area contributed by atoms with Crippen LogP contribution in [0.4, 0.5) is 0 Å². The van der Waals surface area contributed by atoms with Crippen LogP contribution in [0.3, 0.4) is 0 Å². The zero-order chi connectivity index (χ0) is 13.1. The predicted octanol–water partition coefficient (Wildman–Crippen LogP) is 2.98. The summed E-state index contributed by atoms with van der Waals surface area (Å²) in [5.74, 6) is 1.13. The first kappa shape index (κ1) is 13.1. The van der Waals surface area contributed by atoms with Crippen LogP contribution in [0.2, 0.25) is 5.02 Å². The second kappa shape index (κ2) is 5.50. The van der Waals surface area contributed by atoms with Crippen molar-refractivity contribution in [3.8, 4) is 11.5 Å². The van der Waals surface area contributed by atoms with Gasteiger partial charge in [0.1, 0.15) is 0 Å². The fourth-order valence-electron chi connectivity index (χ4n) is 1.65. The Morgan fingerprint density at radius 2 is 2.22 bits per heavy atom. The van der Waals surface area contributed by atoms with E-state index < -0.39 is 0 Å². The summed E-state index contributed by atoms with van der Waals surface area (Å²) in [5.41, 5.74) is 7.78. The lowest BCUT2D eigenvalue weighted by Gasteiger charge is -2.03. The number of halogens is 1. The van der Waals surface area contributed by atoms with Gasteiger partial charge in [0.05, 0.1) is 0 Å². The topological polar surface area (TPSA) is 64.9 Å². The molecule has 0 saturated carbocycles. The molecule has 2 N–H and O–H groups in total. The van der Waals surface area contributed by atoms with Crippen LogP contribution < -0.4 is 5.73 Å². The van der Waals surface area contributed by atoms with E-state index in [9.17, 15) is 0 Å². The molecule has 1 unspecified atom stereocenters. The molecule has 0 saturated heterocycles. The Morgan fingerprint density at radius 3 is 2.94 bits per heavy atom. The van der Waals surface area contributed by atoms with Crippen molar-refractivity contribution in [2.45, 2.75) is 32.7 Å².